The number of hydrogen-bond donors (Lipinski definition) is 0. The van der Waals surface area contributed by atoms with Gasteiger partial charge in [0.1, 0.15) is 11.9 Å². The number of hydrogen-bond acceptors (Lipinski definition) is 4. The molecule has 0 N–H and O–H groups in total. The number of ether oxygens (including phenoxy) is 1. The predicted molar refractivity (Wildman–Crippen MR) is 79.0 cm³/mol. The van der Waals surface area contributed by atoms with E-state index in [2.05, 4.69) is 4.98 Å². The fourth-order valence-corrected chi connectivity index (χ4v) is 4.16. The van der Waals surface area contributed by atoms with Gasteiger partial charge in [-0.25, -0.2) is 4.98 Å². The van der Waals surface area contributed by atoms with Crippen molar-refractivity contribution < 1.29 is 13.2 Å². The Balaban J connectivity index is 2.12. The molecule has 1 aliphatic rings. The van der Waals surface area contributed by atoms with Gasteiger partial charge in [0, 0.05) is 6.54 Å². The first-order chi connectivity index (χ1) is 10.0. The number of aryl methyl sites for hydroxylation is 1. The minimum Gasteiger partial charge on any atom is -0.487 e. The Bertz CT molecular complexity index is 754. The summed E-state index contributed by atoms with van der Waals surface area (Å²) < 4.78 is 34.6. The third-order valence-corrected chi connectivity index (χ3v) is 5.25. The Labute approximate surface area is 124 Å². The van der Waals surface area contributed by atoms with E-state index in [-0.39, 0.29) is 17.7 Å². The summed E-state index contributed by atoms with van der Waals surface area (Å²) in [6, 6.07) is 7.17. The lowest BCUT2D eigenvalue weighted by Crippen LogP contribution is -2.42. The lowest BCUT2D eigenvalue weighted by molar-refractivity contribution is 0.219. The molecule has 0 aliphatic carbocycles. The van der Waals surface area contributed by atoms with E-state index in [9.17, 15) is 8.42 Å². The maximum atomic E-state index is 12.9. The third kappa shape index (κ3) is 2.27. The molecule has 21 heavy (non-hydrogen) atoms. The Morgan fingerprint density at radius 1 is 1.38 bits per heavy atom. The minimum absolute atomic E-state index is 0.201. The number of imidazole rings is 1. The van der Waals surface area contributed by atoms with E-state index in [0.717, 1.165) is 0 Å². The van der Waals surface area contributed by atoms with Gasteiger partial charge in [-0.2, -0.15) is 8.42 Å². The highest BCUT2D eigenvalue weighted by molar-refractivity contribution is 7.92. The standard InChI is InChI=1S/C14H17N3O3S/c1-3-16-10-15-8-14(16)21(18,19)17-9-11(2)20-13-7-5-4-6-12(13)17/h4-8,10-11H,3,9H2,1-2H3. The average Bonchev–Trinajstić information content (AvgIpc) is 2.95. The van der Waals surface area contributed by atoms with Gasteiger partial charge >= 0.3 is 0 Å². The number of rotatable bonds is 3. The van der Waals surface area contributed by atoms with Crippen LogP contribution < -0.4 is 9.04 Å². The van der Waals surface area contributed by atoms with Gasteiger partial charge in [0.25, 0.3) is 10.0 Å². The van der Waals surface area contributed by atoms with Crippen LogP contribution in [0, 0.1) is 0 Å². The first kappa shape index (κ1) is 13.9. The van der Waals surface area contributed by atoms with Crippen molar-refractivity contribution in [1.29, 1.82) is 0 Å². The zero-order valence-electron chi connectivity index (χ0n) is 11.9. The van der Waals surface area contributed by atoms with Crippen LogP contribution in [0.15, 0.2) is 41.8 Å². The molecule has 0 amide bonds. The van der Waals surface area contributed by atoms with Crippen molar-refractivity contribution in [2.75, 3.05) is 10.8 Å². The van der Waals surface area contributed by atoms with Crippen molar-refractivity contribution in [3.63, 3.8) is 0 Å². The number of sulfonamides is 1. The first-order valence-corrected chi connectivity index (χ1v) is 8.26. The molecule has 1 aromatic carbocycles. The van der Waals surface area contributed by atoms with E-state index >= 15 is 0 Å². The molecule has 1 aliphatic heterocycles. The van der Waals surface area contributed by atoms with E-state index in [1.807, 2.05) is 19.9 Å². The van der Waals surface area contributed by atoms with Crippen LogP contribution in [0.1, 0.15) is 13.8 Å². The smallest absolute Gasteiger partial charge is 0.281 e. The zero-order valence-corrected chi connectivity index (χ0v) is 12.7. The second-order valence-corrected chi connectivity index (χ2v) is 6.76. The normalized spacial score (nSPS) is 18.2. The Kier molecular flexibility index (Phi) is 3.36. The number of para-hydroxylation sites is 2. The number of fused-ring (bicyclic) bond motifs is 1. The van der Waals surface area contributed by atoms with Gasteiger partial charge in [-0.1, -0.05) is 12.1 Å². The van der Waals surface area contributed by atoms with Gasteiger partial charge < -0.3 is 9.30 Å². The van der Waals surface area contributed by atoms with Crippen LogP contribution in [-0.2, 0) is 16.6 Å². The SMILES string of the molecule is CCn1cncc1S(=O)(=O)N1CC(C)Oc2ccccc21. The maximum Gasteiger partial charge on any atom is 0.281 e. The highest BCUT2D eigenvalue weighted by Gasteiger charge is 2.34. The number of anilines is 1. The van der Waals surface area contributed by atoms with E-state index in [4.69, 9.17) is 4.74 Å². The molecule has 2 heterocycles. The number of nitrogens with zero attached hydrogens (tertiary/aromatic N) is 3. The summed E-state index contributed by atoms with van der Waals surface area (Å²) in [6.45, 7) is 4.58. The molecular weight excluding hydrogens is 290 g/mol. The molecule has 0 saturated carbocycles. The summed E-state index contributed by atoms with van der Waals surface area (Å²) in [5, 5.41) is 0.203. The molecule has 2 aromatic rings. The third-order valence-electron chi connectivity index (χ3n) is 3.45. The lowest BCUT2D eigenvalue weighted by Gasteiger charge is -2.33. The summed E-state index contributed by atoms with van der Waals surface area (Å²) in [6.07, 6.45) is 2.72. The Hall–Kier alpha value is -2.02. The van der Waals surface area contributed by atoms with Crippen LogP contribution in [0.5, 0.6) is 5.75 Å². The monoisotopic (exact) mass is 307 g/mol. The second kappa shape index (κ2) is 5.07. The van der Waals surface area contributed by atoms with Gasteiger partial charge in [0.2, 0.25) is 0 Å². The Morgan fingerprint density at radius 2 is 2.14 bits per heavy atom. The molecule has 0 saturated heterocycles. The molecule has 0 bridgehead atoms. The lowest BCUT2D eigenvalue weighted by atomic mass is 10.2. The largest absolute Gasteiger partial charge is 0.487 e. The van der Waals surface area contributed by atoms with Crippen LogP contribution in [0.4, 0.5) is 5.69 Å². The highest BCUT2D eigenvalue weighted by atomic mass is 32.2. The molecule has 112 valence electrons. The van der Waals surface area contributed by atoms with Crippen LogP contribution in [-0.4, -0.2) is 30.6 Å². The topological polar surface area (TPSA) is 64.4 Å². The molecular formula is C14H17N3O3S. The summed E-state index contributed by atoms with van der Waals surface area (Å²) >= 11 is 0. The fraction of sp³-hybridized carbons (Fsp3) is 0.357. The Morgan fingerprint density at radius 3 is 2.90 bits per heavy atom. The van der Waals surface area contributed by atoms with Crippen molar-refractivity contribution in [1.82, 2.24) is 9.55 Å². The van der Waals surface area contributed by atoms with Gasteiger partial charge in [0.15, 0.2) is 5.03 Å². The summed E-state index contributed by atoms with van der Waals surface area (Å²) in [7, 11) is -3.65. The first-order valence-electron chi connectivity index (χ1n) is 6.82. The van der Waals surface area contributed by atoms with Crippen LogP contribution in [0.3, 0.4) is 0 Å². The van der Waals surface area contributed by atoms with Crippen molar-refractivity contribution >= 4 is 15.7 Å². The van der Waals surface area contributed by atoms with E-state index in [1.165, 1.54) is 16.8 Å². The van der Waals surface area contributed by atoms with E-state index in [0.29, 0.717) is 18.0 Å². The van der Waals surface area contributed by atoms with Crippen LogP contribution >= 0.6 is 0 Å². The number of aromatic nitrogens is 2. The molecule has 1 unspecified atom stereocenters. The molecule has 1 aromatic heterocycles. The predicted octanol–water partition coefficient (Wildman–Crippen LogP) is 1.88. The molecule has 0 fully saturated rings. The molecule has 3 rings (SSSR count). The van der Waals surface area contributed by atoms with Crippen molar-refractivity contribution in [3.8, 4) is 5.75 Å². The molecule has 1 atom stereocenters. The second-order valence-electron chi connectivity index (χ2n) is 4.95. The van der Waals surface area contributed by atoms with Gasteiger partial charge in [-0.05, 0) is 26.0 Å². The van der Waals surface area contributed by atoms with Gasteiger partial charge in [0.05, 0.1) is 24.8 Å². The minimum atomic E-state index is -3.65. The molecule has 7 heteroatoms. The molecule has 0 radical (unpaired) electrons. The molecule has 0 spiro atoms. The highest BCUT2D eigenvalue weighted by Crippen LogP contribution is 2.36. The summed E-state index contributed by atoms with van der Waals surface area (Å²) in [4.78, 5) is 3.95. The van der Waals surface area contributed by atoms with Crippen LogP contribution in [0.2, 0.25) is 0 Å². The van der Waals surface area contributed by atoms with Crippen LogP contribution in [0.25, 0.3) is 0 Å². The number of benzene rings is 1. The average molecular weight is 307 g/mol. The van der Waals surface area contributed by atoms with Crippen molar-refractivity contribution in [2.24, 2.45) is 0 Å². The quantitative estimate of drug-likeness (QED) is 0.868. The fourth-order valence-electron chi connectivity index (χ4n) is 2.45. The van der Waals surface area contributed by atoms with Crippen molar-refractivity contribution in [2.45, 2.75) is 31.5 Å². The zero-order chi connectivity index (χ0) is 15.0. The van der Waals surface area contributed by atoms with Gasteiger partial charge in [-0.3, -0.25) is 4.31 Å². The van der Waals surface area contributed by atoms with E-state index < -0.39 is 10.0 Å². The maximum absolute atomic E-state index is 12.9. The van der Waals surface area contributed by atoms with Gasteiger partial charge in [-0.15, -0.1) is 0 Å². The summed E-state index contributed by atoms with van der Waals surface area (Å²) in [5.41, 5.74) is 0.569. The van der Waals surface area contributed by atoms with Crippen molar-refractivity contribution in [3.05, 3.63) is 36.8 Å². The molecule has 6 nitrogen and oxygen atoms in total. The van der Waals surface area contributed by atoms with E-state index in [1.54, 1.807) is 22.8 Å². The summed E-state index contributed by atoms with van der Waals surface area (Å²) in [5.74, 6) is 0.586.